The van der Waals surface area contributed by atoms with Crippen LogP contribution in [0.2, 0.25) is 0 Å². The van der Waals surface area contributed by atoms with E-state index < -0.39 is 26.5 Å². The van der Waals surface area contributed by atoms with Crippen molar-refractivity contribution >= 4 is 19.8 Å². The molecule has 0 rings (SSSR count). The van der Waals surface area contributed by atoms with E-state index in [1.54, 1.807) is 0 Å². The molecule has 0 aromatic carbocycles. The number of hydrogen-bond acceptors (Lipinski definition) is 7. The summed E-state index contributed by atoms with van der Waals surface area (Å²) in [4.78, 5) is 35.5. The number of quaternary nitrogens is 1. The quantitative estimate of drug-likeness (QED) is 0.0212. The molecule has 0 heterocycles. The number of carbonyl (C=O) groups is 2. The lowest BCUT2D eigenvalue weighted by Crippen LogP contribution is -2.37. The number of phosphoric acid groups is 1. The maximum Gasteiger partial charge on any atom is 0.472 e. The van der Waals surface area contributed by atoms with E-state index in [1.165, 1.54) is 180 Å². The Morgan fingerprint density at radius 1 is 0.500 bits per heavy atom. The molecule has 1 N–H and O–H groups in total. The van der Waals surface area contributed by atoms with Crippen LogP contribution in [0, 0.1) is 0 Å². The minimum Gasteiger partial charge on any atom is -0.462 e. The van der Waals surface area contributed by atoms with Crippen LogP contribution < -0.4 is 0 Å². The average molecular weight is 873 g/mol. The van der Waals surface area contributed by atoms with Crippen molar-refractivity contribution in [3.05, 3.63) is 12.2 Å². The van der Waals surface area contributed by atoms with Gasteiger partial charge in [0.1, 0.15) is 19.8 Å². The van der Waals surface area contributed by atoms with Crippen LogP contribution in [-0.4, -0.2) is 74.9 Å². The van der Waals surface area contributed by atoms with Gasteiger partial charge >= 0.3 is 19.8 Å². The zero-order valence-electron chi connectivity index (χ0n) is 40.2. The van der Waals surface area contributed by atoms with Crippen molar-refractivity contribution in [1.29, 1.82) is 0 Å². The molecule has 356 valence electrons. The highest BCUT2D eigenvalue weighted by molar-refractivity contribution is 7.47. The summed E-state index contributed by atoms with van der Waals surface area (Å²) in [6.45, 7) is 4.46. The number of carbonyl (C=O) groups excluding carboxylic acids is 2. The van der Waals surface area contributed by atoms with Crippen LogP contribution >= 0.6 is 7.82 Å². The molecule has 0 saturated heterocycles. The zero-order valence-corrected chi connectivity index (χ0v) is 41.1. The number of ether oxygens (including phenoxy) is 2. The van der Waals surface area contributed by atoms with Gasteiger partial charge in [-0.3, -0.25) is 18.6 Å². The smallest absolute Gasteiger partial charge is 0.462 e. The lowest BCUT2D eigenvalue weighted by Gasteiger charge is -2.24. The first-order chi connectivity index (χ1) is 29.0. The van der Waals surface area contributed by atoms with Gasteiger partial charge in [-0.2, -0.15) is 0 Å². The van der Waals surface area contributed by atoms with E-state index in [0.717, 1.165) is 32.1 Å². The molecule has 60 heavy (non-hydrogen) atoms. The van der Waals surface area contributed by atoms with Crippen LogP contribution in [0.25, 0.3) is 0 Å². The number of likely N-dealkylation sites (N-methyl/N-ethyl adjacent to an activating group) is 1. The lowest BCUT2D eigenvalue weighted by molar-refractivity contribution is -0.870. The second-order valence-electron chi connectivity index (χ2n) is 18.6. The molecule has 0 spiro atoms. The summed E-state index contributed by atoms with van der Waals surface area (Å²) in [5, 5.41) is 0. The molecule has 0 radical (unpaired) electrons. The SMILES string of the molecule is CCCCCCCCCC/C=C\CCCCCCCCCCCCCC(=O)OC(COC(=O)CCCCCCCCCCCCCCC)COP(=O)(O)OCC[N+](C)(C)C. The fourth-order valence-corrected chi connectivity index (χ4v) is 8.05. The van der Waals surface area contributed by atoms with Gasteiger partial charge in [-0.25, -0.2) is 4.57 Å². The number of phosphoric ester groups is 1. The Bertz CT molecular complexity index is 1030. The molecule has 0 amide bonds. The fraction of sp³-hybridized carbons (Fsp3) is 0.920. The van der Waals surface area contributed by atoms with Gasteiger partial charge in [-0.15, -0.1) is 0 Å². The summed E-state index contributed by atoms with van der Waals surface area (Å²) in [5.74, 6) is -0.786. The second-order valence-corrected chi connectivity index (χ2v) is 20.0. The molecule has 10 heteroatoms. The van der Waals surface area contributed by atoms with Crippen molar-refractivity contribution in [2.75, 3.05) is 47.5 Å². The summed E-state index contributed by atoms with van der Waals surface area (Å²) >= 11 is 0. The monoisotopic (exact) mass is 873 g/mol. The third-order valence-corrected chi connectivity index (χ3v) is 12.3. The van der Waals surface area contributed by atoms with Gasteiger partial charge in [0.15, 0.2) is 6.10 Å². The largest absolute Gasteiger partial charge is 0.472 e. The van der Waals surface area contributed by atoms with Crippen LogP contribution in [0.4, 0.5) is 0 Å². The van der Waals surface area contributed by atoms with Crippen molar-refractivity contribution < 1.29 is 42.1 Å². The van der Waals surface area contributed by atoms with Crippen molar-refractivity contribution in [2.45, 2.75) is 251 Å². The van der Waals surface area contributed by atoms with E-state index >= 15 is 0 Å². The molecule has 0 aromatic heterocycles. The van der Waals surface area contributed by atoms with Crippen molar-refractivity contribution in [1.82, 2.24) is 0 Å². The Morgan fingerprint density at radius 2 is 0.850 bits per heavy atom. The Labute approximate surface area is 371 Å². The van der Waals surface area contributed by atoms with Crippen LogP contribution in [0.3, 0.4) is 0 Å². The topological polar surface area (TPSA) is 108 Å². The van der Waals surface area contributed by atoms with Gasteiger partial charge < -0.3 is 18.9 Å². The van der Waals surface area contributed by atoms with E-state index in [0.29, 0.717) is 23.9 Å². The molecule has 0 bridgehead atoms. The normalized spacial score (nSPS) is 13.5. The molecular weight excluding hydrogens is 774 g/mol. The van der Waals surface area contributed by atoms with Gasteiger partial charge in [-0.1, -0.05) is 206 Å². The number of allylic oxidation sites excluding steroid dienone is 2. The number of nitrogens with zero attached hydrogens (tertiary/aromatic N) is 1. The molecule has 0 aliphatic heterocycles. The number of rotatable bonds is 47. The molecule has 9 nitrogen and oxygen atoms in total. The van der Waals surface area contributed by atoms with Crippen LogP contribution in [0.1, 0.15) is 245 Å². The van der Waals surface area contributed by atoms with Gasteiger partial charge in [0, 0.05) is 12.8 Å². The van der Waals surface area contributed by atoms with Crippen LogP contribution in [0.5, 0.6) is 0 Å². The van der Waals surface area contributed by atoms with Gasteiger partial charge in [0.05, 0.1) is 27.7 Å². The highest BCUT2D eigenvalue weighted by Crippen LogP contribution is 2.43. The molecule has 0 aromatic rings. The van der Waals surface area contributed by atoms with Crippen molar-refractivity contribution in [3.63, 3.8) is 0 Å². The molecular formula is C50H99NO8P+. The Hall–Kier alpha value is -1.25. The predicted molar refractivity (Wildman–Crippen MR) is 252 cm³/mol. The van der Waals surface area contributed by atoms with Gasteiger partial charge in [0.25, 0.3) is 0 Å². The number of unbranched alkanes of at least 4 members (excludes halogenated alkanes) is 31. The summed E-state index contributed by atoms with van der Waals surface area (Å²) in [5.41, 5.74) is 0. The Kier molecular flexibility index (Phi) is 42.1. The summed E-state index contributed by atoms with van der Waals surface area (Å²) < 4.78 is 34.4. The minimum absolute atomic E-state index is 0.0351. The molecule has 0 saturated carbocycles. The van der Waals surface area contributed by atoms with E-state index in [2.05, 4.69) is 26.0 Å². The first-order valence-corrected chi connectivity index (χ1v) is 26.9. The molecule has 2 unspecified atom stereocenters. The predicted octanol–water partition coefficient (Wildman–Crippen LogP) is 14.9. The highest BCUT2D eigenvalue weighted by atomic mass is 31.2. The fourth-order valence-electron chi connectivity index (χ4n) is 7.31. The standard InChI is InChI=1S/C50H98NO8P/c1-6-8-10-12-14-16-18-20-21-22-23-24-25-26-27-28-29-31-33-35-37-39-41-43-50(53)59-48(47-58-60(54,55)57-45-44-51(3,4)5)46-56-49(52)42-40-38-36-34-32-30-19-17-15-13-11-9-7-2/h22-23,48H,6-21,24-47H2,1-5H3/p+1/b23-22-. The Morgan fingerprint density at radius 3 is 1.23 bits per heavy atom. The minimum atomic E-state index is -4.37. The molecule has 0 fully saturated rings. The zero-order chi connectivity index (χ0) is 44.3. The van der Waals surface area contributed by atoms with E-state index in [9.17, 15) is 19.0 Å². The summed E-state index contributed by atoms with van der Waals surface area (Å²) in [6.07, 6.45) is 46.9. The average Bonchev–Trinajstić information content (AvgIpc) is 3.20. The first kappa shape index (κ1) is 58.8. The van der Waals surface area contributed by atoms with Crippen molar-refractivity contribution in [2.24, 2.45) is 0 Å². The van der Waals surface area contributed by atoms with Crippen LogP contribution in [-0.2, 0) is 32.7 Å². The Balaban J connectivity index is 4.18. The van der Waals surface area contributed by atoms with E-state index in [1.807, 2.05) is 21.1 Å². The molecule has 0 aliphatic rings. The van der Waals surface area contributed by atoms with Gasteiger partial charge in [0.2, 0.25) is 0 Å². The van der Waals surface area contributed by atoms with Gasteiger partial charge in [-0.05, 0) is 38.5 Å². The maximum absolute atomic E-state index is 12.7. The number of hydrogen-bond donors (Lipinski definition) is 1. The van der Waals surface area contributed by atoms with Crippen molar-refractivity contribution in [3.8, 4) is 0 Å². The van der Waals surface area contributed by atoms with E-state index in [-0.39, 0.29) is 25.6 Å². The first-order valence-electron chi connectivity index (χ1n) is 25.4. The maximum atomic E-state index is 12.7. The third-order valence-electron chi connectivity index (χ3n) is 11.3. The molecule has 0 aliphatic carbocycles. The third kappa shape index (κ3) is 46.3. The summed E-state index contributed by atoms with van der Waals surface area (Å²) in [6, 6.07) is 0. The highest BCUT2D eigenvalue weighted by Gasteiger charge is 2.27. The summed E-state index contributed by atoms with van der Waals surface area (Å²) in [7, 11) is 1.49. The van der Waals surface area contributed by atoms with Crippen LogP contribution in [0.15, 0.2) is 12.2 Å². The lowest BCUT2D eigenvalue weighted by atomic mass is 10.0. The second kappa shape index (κ2) is 43.0. The molecule has 2 atom stereocenters. The number of esters is 2. The van der Waals surface area contributed by atoms with E-state index in [4.69, 9.17) is 18.5 Å².